The summed E-state index contributed by atoms with van der Waals surface area (Å²) in [6.45, 7) is 0. The number of hydrogen-bond donors (Lipinski definition) is 3. The highest BCUT2D eigenvalue weighted by Gasteiger charge is 2.11. The molecule has 1 amide bonds. The summed E-state index contributed by atoms with van der Waals surface area (Å²) >= 11 is 0. The number of amides is 1. The van der Waals surface area contributed by atoms with Crippen molar-refractivity contribution < 1.29 is 4.79 Å². The molecule has 0 aliphatic carbocycles. The van der Waals surface area contributed by atoms with E-state index in [9.17, 15) is 4.79 Å². The Morgan fingerprint density at radius 2 is 1.28 bits per heavy atom. The van der Waals surface area contributed by atoms with Crippen LogP contribution >= 0.6 is 0 Å². The second kappa shape index (κ2) is 8.13. The van der Waals surface area contributed by atoms with Crippen LogP contribution in [0.5, 0.6) is 0 Å². The number of nitrogens with one attached hydrogen (secondary N) is 2. The summed E-state index contributed by atoms with van der Waals surface area (Å²) < 4.78 is 0. The standard InChI is InChI=1S/C21H21N3O/c22-20(16-7-3-1-4-8-16)15-21(25)24-19-13-11-18(12-14-19)23-17-9-5-2-6-10-17/h1-14,20,23H,15,22H2,(H,24,25). The largest absolute Gasteiger partial charge is 0.356 e. The zero-order valence-electron chi connectivity index (χ0n) is 13.9. The molecule has 0 saturated heterocycles. The van der Waals surface area contributed by atoms with Crippen LogP contribution in [0.1, 0.15) is 18.0 Å². The Kier molecular flexibility index (Phi) is 5.44. The smallest absolute Gasteiger partial charge is 0.226 e. The quantitative estimate of drug-likeness (QED) is 0.625. The minimum atomic E-state index is -0.305. The molecule has 0 bridgehead atoms. The number of rotatable bonds is 6. The first-order valence-electron chi connectivity index (χ1n) is 8.23. The van der Waals surface area contributed by atoms with Crippen LogP contribution in [0.15, 0.2) is 84.9 Å². The molecule has 1 atom stereocenters. The summed E-state index contributed by atoms with van der Waals surface area (Å²) in [5, 5.41) is 6.19. The van der Waals surface area contributed by atoms with Crippen molar-refractivity contribution in [1.29, 1.82) is 0 Å². The molecule has 4 heteroatoms. The van der Waals surface area contributed by atoms with Crippen molar-refractivity contribution >= 4 is 23.0 Å². The molecule has 4 nitrogen and oxygen atoms in total. The van der Waals surface area contributed by atoms with Gasteiger partial charge in [-0.3, -0.25) is 4.79 Å². The second-order valence-corrected chi connectivity index (χ2v) is 5.84. The lowest BCUT2D eigenvalue weighted by molar-refractivity contribution is -0.116. The van der Waals surface area contributed by atoms with E-state index in [-0.39, 0.29) is 18.4 Å². The highest BCUT2D eigenvalue weighted by atomic mass is 16.1. The van der Waals surface area contributed by atoms with E-state index in [2.05, 4.69) is 10.6 Å². The Morgan fingerprint density at radius 1 is 0.760 bits per heavy atom. The Hall–Kier alpha value is -3.11. The number of anilines is 3. The first-order chi connectivity index (χ1) is 12.2. The molecule has 0 saturated carbocycles. The number of para-hydroxylation sites is 1. The molecule has 0 heterocycles. The minimum Gasteiger partial charge on any atom is -0.356 e. The number of carbonyl (C=O) groups is 1. The maximum Gasteiger partial charge on any atom is 0.226 e. The van der Waals surface area contributed by atoms with Gasteiger partial charge in [-0.1, -0.05) is 48.5 Å². The third-order valence-corrected chi connectivity index (χ3v) is 3.86. The van der Waals surface area contributed by atoms with Crippen molar-refractivity contribution in [3.63, 3.8) is 0 Å². The number of nitrogens with two attached hydrogens (primary N) is 1. The van der Waals surface area contributed by atoms with Crippen LogP contribution in [0.4, 0.5) is 17.1 Å². The van der Waals surface area contributed by atoms with Gasteiger partial charge in [0, 0.05) is 29.5 Å². The van der Waals surface area contributed by atoms with E-state index in [1.165, 1.54) is 0 Å². The molecule has 0 spiro atoms. The van der Waals surface area contributed by atoms with Gasteiger partial charge in [-0.15, -0.1) is 0 Å². The third kappa shape index (κ3) is 4.93. The minimum absolute atomic E-state index is 0.0971. The Labute approximate surface area is 147 Å². The molecular weight excluding hydrogens is 310 g/mol. The first-order valence-corrected chi connectivity index (χ1v) is 8.23. The SMILES string of the molecule is NC(CC(=O)Nc1ccc(Nc2ccccc2)cc1)c1ccccc1. The summed E-state index contributed by atoms with van der Waals surface area (Å²) in [6.07, 6.45) is 0.244. The first kappa shape index (κ1) is 16.7. The summed E-state index contributed by atoms with van der Waals surface area (Å²) in [6, 6.07) is 26.9. The van der Waals surface area contributed by atoms with Gasteiger partial charge in [0.2, 0.25) is 5.91 Å². The van der Waals surface area contributed by atoms with Gasteiger partial charge in [-0.25, -0.2) is 0 Å². The lowest BCUT2D eigenvalue weighted by atomic mass is 10.0. The third-order valence-electron chi connectivity index (χ3n) is 3.86. The molecule has 0 aliphatic rings. The van der Waals surface area contributed by atoms with Crippen molar-refractivity contribution in [2.75, 3.05) is 10.6 Å². The number of benzene rings is 3. The molecular formula is C21H21N3O. The van der Waals surface area contributed by atoms with Crippen LogP contribution in [0, 0.1) is 0 Å². The predicted octanol–water partition coefficient (Wildman–Crippen LogP) is 4.46. The van der Waals surface area contributed by atoms with Crippen LogP contribution < -0.4 is 16.4 Å². The lowest BCUT2D eigenvalue weighted by Crippen LogP contribution is -2.20. The van der Waals surface area contributed by atoms with Crippen LogP contribution in [0.25, 0.3) is 0 Å². The van der Waals surface area contributed by atoms with E-state index < -0.39 is 0 Å². The fraction of sp³-hybridized carbons (Fsp3) is 0.0952. The zero-order valence-corrected chi connectivity index (χ0v) is 13.9. The molecule has 0 aliphatic heterocycles. The molecule has 3 rings (SSSR count). The van der Waals surface area contributed by atoms with Gasteiger partial charge in [0.1, 0.15) is 0 Å². The fourth-order valence-corrected chi connectivity index (χ4v) is 2.55. The average molecular weight is 331 g/mol. The van der Waals surface area contributed by atoms with Gasteiger partial charge in [-0.2, -0.15) is 0 Å². The molecule has 126 valence electrons. The van der Waals surface area contributed by atoms with Gasteiger partial charge in [-0.05, 0) is 42.0 Å². The van der Waals surface area contributed by atoms with Crippen LogP contribution in [-0.2, 0) is 4.79 Å². The molecule has 25 heavy (non-hydrogen) atoms. The molecule has 3 aromatic carbocycles. The van der Waals surface area contributed by atoms with Crippen LogP contribution in [0.2, 0.25) is 0 Å². The molecule has 0 radical (unpaired) electrons. The summed E-state index contributed by atoms with van der Waals surface area (Å²) in [4.78, 5) is 12.2. The molecule has 0 fully saturated rings. The fourth-order valence-electron chi connectivity index (χ4n) is 2.55. The summed E-state index contributed by atoms with van der Waals surface area (Å²) in [7, 11) is 0. The van der Waals surface area contributed by atoms with Crippen molar-refractivity contribution in [1.82, 2.24) is 0 Å². The van der Waals surface area contributed by atoms with Gasteiger partial charge < -0.3 is 16.4 Å². The highest BCUT2D eigenvalue weighted by Crippen LogP contribution is 2.19. The van der Waals surface area contributed by atoms with E-state index in [4.69, 9.17) is 5.73 Å². The van der Waals surface area contributed by atoms with E-state index in [1.54, 1.807) is 0 Å². The van der Waals surface area contributed by atoms with Gasteiger partial charge >= 0.3 is 0 Å². The Balaban J connectivity index is 1.55. The molecule has 4 N–H and O–H groups in total. The van der Waals surface area contributed by atoms with Crippen LogP contribution in [0.3, 0.4) is 0 Å². The summed E-state index contributed by atoms with van der Waals surface area (Å²) in [5.41, 5.74) is 9.79. The Bertz CT molecular complexity index is 802. The van der Waals surface area contributed by atoms with Crippen molar-refractivity contribution in [2.45, 2.75) is 12.5 Å². The maximum atomic E-state index is 12.2. The number of carbonyl (C=O) groups excluding carboxylic acids is 1. The highest BCUT2D eigenvalue weighted by molar-refractivity contribution is 5.91. The van der Waals surface area contributed by atoms with Crippen molar-refractivity contribution in [2.24, 2.45) is 5.73 Å². The van der Waals surface area contributed by atoms with E-state index >= 15 is 0 Å². The normalized spacial score (nSPS) is 11.6. The van der Waals surface area contributed by atoms with Gasteiger partial charge in [0.05, 0.1) is 0 Å². The van der Waals surface area contributed by atoms with Crippen LogP contribution in [-0.4, -0.2) is 5.91 Å². The maximum absolute atomic E-state index is 12.2. The Morgan fingerprint density at radius 3 is 1.92 bits per heavy atom. The van der Waals surface area contributed by atoms with E-state index in [0.717, 1.165) is 22.6 Å². The van der Waals surface area contributed by atoms with Crippen molar-refractivity contribution in [3.05, 3.63) is 90.5 Å². The lowest BCUT2D eigenvalue weighted by Gasteiger charge is -2.12. The molecule has 3 aromatic rings. The second-order valence-electron chi connectivity index (χ2n) is 5.84. The van der Waals surface area contributed by atoms with Crippen molar-refractivity contribution in [3.8, 4) is 0 Å². The summed E-state index contributed by atoms with van der Waals surface area (Å²) in [5.74, 6) is -0.0971. The number of hydrogen-bond acceptors (Lipinski definition) is 3. The van der Waals surface area contributed by atoms with E-state index in [1.807, 2.05) is 84.9 Å². The average Bonchev–Trinajstić information content (AvgIpc) is 2.65. The monoisotopic (exact) mass is 331 g/mol. The predicted molar refractivity (Wildman–Crippen MR) is 103 cm³/mol. The van der Waals surface area contributed by atoms with Gasteiger partial charge in [0.25, 0.3) is 0 Å². The van der Waals surface area contributed by atoms with E-state index in [0.29, 0.717) is 0 Å². The molecule has 0 aromatic heterocycles. The molecule has 1 unspecified atom stereocenters. The van der Waals surface area contributed by atoms with Gasteiger partial charge in [0.15, 0.2) is 0 Å². The topological polar surface area (TPSA) is 67.2 Å². The zero-order chi connectivity index (χ0) is 17.5.